The second-order valence-electron chi connectivity index (χ2n) is 4.46. The molecule has 1 unspecified atom stereocenters. The molecule has 1 aromatic carbocycles. The van der Waals surface area contributed by atoms with E-state index in [1.54, 1.807) is 18.2 Å². The van der Waals surface area contributed by atoms with Crippen molar-refractivity contribution in [3.05, 3.63) is 23.8 Å². The number of aromatic hydroxyl groups is 1. The molecule has 0 amide bonds. The van der Waals surface area contributed by atoms with Gasteiger partial charge in [0, 0.05) is 18.7 Å². The number of benzene rings is 1. The summed E-state index contributed by atoms with van der Waals surface area (Å²) in [6, 6.07) is 5.13. The quantitative estimate of drug-likeness (QED) is 0.811. The zero-order valence-corrected chi connectivity index (χ0v) is 11.8. The van der Waals surface area contributed by atoms with Crippen LogP contribution in [0.5, 0.6) is 11.5 Å². The third-order valence-electron chi connectivity index (χ3n) is 3.04. The normalized spacial score (nSPS) is 18.3. The molecule has 0 radical (unpaired) electrons. The van der Waals surface area contributed by atoms with Crippen LogP contribution in [0.1, 0.15) is 25.3 Å². The van der Waals surface area contributed by atoms with Gasteiger partial charge in [-0.15, -0.1) is 0 Å². The van der Waals surface area contributed by atoms with Crippen LogP contribution in [-0.4, -0.2) is 36.0 Å². The number of hydrogen-bond acceptors (Lipinski definition) is 4. The lowest BCUT2D eigenvalue weighted by Crippen LogP contribution is -2.31. The number of ether oxygens (including phenoxy) is 2. The zero-order chi connectivity index (χ0) is 13.7. The number of rotatable bonds is 5. The van der Waals surface area contributed by atoms with Gasteiger partial charge in [-0.25, -0.2) is 0 Å². The molecule has 0 saturated carbocycles. The molecule has 1 aliphatic heterocycles. The van der Waals surface area contributed by atoms with Crippen LogP contribution >= 0.6 is 12.2 Å². The Balaban J connectivity index is 1.95. The molecule has 0 bridgehead atoms. The SMILES string of the molecule is CCOc1cc(C(=S)NCC2CCCO2)ccc1O. The standard InChI is InChI=1S/C14H19NO3S/c1-2-17-13-8-10(5-6-12(13)16)14(19)15-9-11-4-3-7-18-11/h5-6,8,11,16H,2-4,7,9H2,1H3,(H,15,19). The van der Waals surface area contributed by atoms with E-state index in [1.165, 1.54) is 0 Å². The first-order chi connectivity index (χ1) is 9.20. The van der Waals surface area contributed by atoms with Crippen molar-refractivity contribution >= 4 is 17.2 Å². The van der Waals surface area contributed by atoms with Gasteiger partial charge >= 0.3 is 0 Å². The third kappa shape index (κ3) is 3.81. The largest absolute Gasteiger partial charge is 0.504 e. The second kappa shape index (κ2) is 6.73. The van der Waals surface area contributed by atoms with Crippen molar-refractivity contribution in [3.8, 4) is 11.5 Å². The summed E-state index contributed by atoms with van der Waals surface area (Å²) in [5.74, 6) is 0.591. The Labute approximate surface area is 118 Å². The molecular weight excluding hydrogens is 262 g/mol. The minimum atomic E-state index is 0.132. The van der Waals surface area contributed by atoms with Crippen LogP contribution in [0.15, 0.2) is 18.2 Å². The molecule has 1 saturated heterocycles. The van der Waals surface area contributed by atoms with E-state index in [-0.39, 0.29) is 11.9 Å². The lowest BCUT2D eigenvalue weighted by Gasteiger charge is -2.14. The van der Waals surface area contributed by atoms with E-state index in [1.807, 2.05) is 6.92 Å². The van der Waals surface area contributed by atoms with Crippen molar-refractivity contribution in [2.45, 2.75) is 25.9 Å². The molecule has 1 aliphatic rings. The van der Waals surface area contributed by atoms with Gasteiger partial charge in [0.2, 0.25) is 0 Å². The maximum absolute atomic E-state index is 9.64. The Hall–Kier alpha value is -1.33. The van der Waals surface area contributed by atoms with Crippen LogP contribution < -0.4 is 10.1 Å². The van der Waals surface area contributed by atoms with Gasteiger partial charge in [-0.2, -0.15) is 0 Å². The van der Waals surface area contributed by atoms with Crippen molar-refractivity contribution < 1.29 is 14.6 Å². The van der Waals surface area contributed by atoms with Gasteiger partial charge in [0.05, 0.1) is 12.7 Å². The fraction of sp³-hybridized carbons (Fsp3) is 0.500. The van der Waals surface area contributed by atoms with Gasteiger partial charge in [-0.1, -0.05) is 12.2 Å². The smallest absolute Gasteiger partial charge is 0.161 e. The average molecular weight is 281 g/mol. The Bertz CT molecular complexity index is 444. The molecule has 0 aliphatic carbocycles. The fourth-order valence-corrected chi connectivity index (χ4v) is 2.25. The fourth-order valence-electron chi connectivity index (χ4n) is 2.04. The van der Waals surface area contributed by atoms with Crippen molar-refractivity contribution in [3.63, 3.8) is 0 Å². The molecular formula is C14H19NO3S. The van der Waals surface area contributed by atoms with Crippen LogP contribution in [-0.2, 0) is 4.74 Å². The molecule has 0 spiro atoms. The minimum Gasteiger partial charge on any atom is -0.504 e. The summed E-state index contributed by atoms with van der Waals surface area (Å²) in [5, 5.41) is 12.8. The average Bonchev–Trinajstić information content (AvgIpc) is 2.92. The molecule has 1 atom stereocenters. The van der Waals surface area contributed by atoms with Crippen LogP contribution in [0.25, 0.3) is 0 Å². The summed E-state index contributed by atoms with van der Waals surface area (Å²) in [7, 11) is 0. The molecule has 2 rings (SSSR count). The van der Waals surface area contributed by atoms with Crippen LogP contribution in [0.2, 0.25) is 0 Å². The molecule has 1 heterocycles. The molecule has 2 N–H and O–H groups in total. The highest BCUT2D eigenvalue weighted by molar-refractivity contribution is 7.80. The lowest BCUT2D eigenvalue weighted by atomic mass is 10.2. The topological polar surface area (TPSA) is 50.7 Å². The highest BCUT2D eigenvalue weighted by Crippen LogP contribution is 2.26. The van der Waals surface area contributed by atoms with E-state index in [4.69, 9.17) is 21.7 Å². The van der Waals surface area contributed by atoms with E-state index >= 15 is 0 Å². The van der Waals surface area contributed by atoms with Gasteiger partial charge in [-0.3, -0.25) is 0 Å². The second-order valence-corrected chi connectivity index (χ2v) is 4.87. The predicted molar refractivity (Wildman–Crippen MR) is 78.0 cm³/mol. The van der Waals surface area contributed by atoms with E-state index in [2.05, 4.69) is 5.32 Å². The molecule has 19 heavy (non-hydrogen) atoms. The Morgan fingerprint density at radius 3 is 3.11 bits per heavy atom. The van der Waals surface area contributed by atoms with E-state index in [0.717, 1.165) is 31.6 Å². The summed E-state index contributed by atoms with van der Waals surface area (Å²) in [6.07, 6.45) is 2.45. The molecule has 1 aromatic rings. The van der Waals surface area contributed by atoms with Crippen LogP contribution in [0.4, 0.5) is 0 Å². The Morgan fingerprint density at radius 2 is 2.42 bits per heavy atom. The molecule has 0 aromatic heterocycles. The highest BCUT2D eigenvalue weighted by Gasteiger charge is 2.16. The van der Waals surface area contributed by atoms with Crippen molar-refractivity contribution in [2.24, 2.45) is 0 Å². The van der Waals surface area contributed by atoms with Crippen LogP contribution in [0.3, 0.4) is 0 Å². The van der Waals surface area contributed by atoms with Gasteiger partial charge in [0.15, 0.2) is 11.5 Å². The first kappa shape index (κ1) is 14.1. The van der Waals surface area contributed by atoms with Crippen LogP contribution in [0, 0.1) is 0 Å². The maximum atomic E-state index is 9.64. The summed E-state index contributed by atoms with van der Waals surface area (Å²) in [4.78, 5) is 0.649. The Kier molecular flexibility index (Phi) is 4.99. The predicted octanol–water partition coefficient (Wildman–Crippen LogP) is 2.24. The summed E-state index contributed by atoms with van der Waals surface area (Å²) < 4.78 is 10.9. The number of phenols is 1. The van der Waals surface area contributed by atoms with Gasteiger partial charge < -0.3 is 19.9 Å². The third-order valence-corrected chi connectivity index (χ3v) is 3.42. The van der Waals surface area contributed by atoms with E-state index in [0.29, 0.717) is 17.3 Å². The number of phenolic OH excluding ortho intramolecular Hbond substituents is 1. The van der Waals surface area contributed by atoms with Crippen molar-refractivity contribution in [2.75, 3.05) is 19.8 Å². The summed E-state index contributed by atoms with van der Waals surface area (Å²) >= 11 is 5.34. The van der Waals surface area contributed by atoms with Gasteiger partial charge in [0.1, 0.15) is 4.99 Å². The first-order valence-corrected chi connectivity index (χ1v) is 6.97. The molecule has 4 nitrogen and oxygen atoms in total. The number of thiocarbonyl (C=S) groups is 1. The van der Waals surface area contributed by atoms with Crippen molar-refractivity contribution in [1.29, 1.82) is 0 Å². The maximum Gasteiger partial charge on any atom is 0.161 e. The lowest BCUT2D eigenvalue weighted by molar-refractivity contribution is 0.114. The van der Waals surface area contributed by atoms with E-state index < -0.39 is 0 Å². The Morgan fingerprint density at radius 1 is 1.58 bits per heavy atom. The number of hydrogen-bond donors (Lipinski definition) is 2. The van der Waals surface area contributed by atoms with Gasteiger partial charge in [-0.05, 0) is 38.0 Å². The highest BCUT2D eigenvalue weighted by atomic mass is 32.1. The van der Waals surface area contributed by atoms with Crippen molar-refractivity contribution in [1.82, 2.24) is 5.32 Å². The first-order valence-electron chi connectivity index (χ1n) is 6.56. The van der Waals surface area contributed by atoms with E-state index in [9.17, 15) is 5.11 Å². The summed E-state index contributed by atoms with van der Waals surface area (Å²) in [6.45, 7) is 3.95. The minimum absolute atomic E-state index is 0.132. The molecule has 1 fully saturated rings. The number of nitrogens with one attached hydrogen (secondary N) is 1. The molecule has 5 heteroatoms. The monoisotopic (exact) mass is 281 g/mol. The van der Waals surface area contributed by atoms with Gasteiger partial charge in [0.25, 0.3) is 0 Å². The molecule has 104 valence electrons. The summed E-state index contributed by atoms with van der Waals surface area (Å²) in [5.41, 5.74) is 0.842. The zero-order valence-electron chi connectivity index (χ0n) is 11.0.